The molecule has 1 nitrogen and oxygen atoms in total. The molecular weight excluding hydrogens is 146 g/mol. The molecule has 1 heteroatoms. The third-order valence-corrected chi connectivity index (χ3v) is 3.55. The van der Waals surface area contributed by atoms with Gasteiger partial charge in [-0.05, 0) is 37.8 Å². The number of hydrogen-bond donors (Lipinski definition) is 1. The number of hydrogen-bond acceptors (Lipinski definition) is 1. The summed E-state index contributed by atoms with van der Waals surface area (Å²) in [6.07, 6.45) is 10.5. The van der Waals surface area contributed by atoms with E-state index in [4.69, 9.17) is 0 Å². The highest BCUT2D eigenvalue weighted by Crippen LogP contribution is 2.30. The first-order valence-corrected chi connectivity index (χ1v) is 5.66. The Morgan fingerprint density at radius 1 is 0.917 bits per heavy atom. The molecular formula is C11H21N. The van der Waals surface area contributed by atoms with Gasteiger partial charge in [0.25, 0.3) is 0 Å². The molecule has 1 saturated heterocycles. The fraction of sp³-hybridized carbons (Fsp3) is 1.00. The van der Waals surface area contributed by atoms with Crippen molar-refractivity contribution in [1.82, 2.24) is 5.32 Å². The summed E-state index contributed by atoms with van der Waals surface area (Å²) < 4.78 is 0. The SMILES string of the molecule is C1CCC(CC2CCNC2)CC1. The van der Waals surface area contributed by atoms with Crippen molar-refractivity contribution >= 4 is 0 Å². The molecule has 0 aromatic rings. The van der Waals surface area contributed by atoms with E-state index in [1.807, 2.05) is 0 Å². The van der Waals surface area contributed by atoms with Gasteiger partial charge in [-0.25, -0.2) is 0 Å². The van der Waals surface area contributed by atoms with Crippen molar-refractivity contribution in [1.29, 1.82) is 0 Å². The smallest absolute Gasteiger partial charge is 0.00199 e. The van der Waals surface area contributed by atoms with Crippen LogP contribution < -0.4 is 5.32 Å². The van der Waals surface area contributed by atoms with Gasteiger partial charge < -0.3 is 5.32 Å². The van der Waals surface area contributed by atoms with Crippen LogP contribution in [0.4, 0.5) is 0 Å². The van der Waals surface area contributed by atoms with E-state index in [9.17, 15) is 0 Å². The largest absolute Gasteiger partial charge is 0.316 e. The van der Waals surface area contributed by atoms with Gasteiger partial charge in [-0.1, -0.05) is 32.1 Å². The molecule has 0 radical (unpaired) electrons. The first-order valence-electron chi connectivity index (χ1n) is 5.66. The number of nitrogens with one attached hydrogen (secondary N) is 1. The van der Waals surface area contributed by atoms with Gasteiger partial charge in [0.05, 0.1) is 0 Å². The van der Waals surface area contributed by atoms with Crippen molar-refractivity contribution in [3.8, 4) is 0 Å². The summed E-state index contributed by atoms with van der Waals surface area (Å²) in [6, 6.07) is 0. The van der Waals surface area contributed by atoms with Gasteiger partial charge in [-0.15, -0.1) is 0 Å². The Morgan fingerprint density at radius 2 is 1.75 bits per heavy atom. The van der Waals surface area contributed by atoms with Crippen molar-refractivity contribution in [2.75, 3.05) is 13.1 Å². The monoisotopic (exact) mass is 167 g/mol. The zero-order valence-electron chi connectivity index (χ0n) is 8.02. The second-order valence-corrected chi connectivity index (χ2v) is 4.60. The third kappa shape index (κ3) is 2.22. The normalized spacial score (nSPS) is 32.5. The summed E-state index contributed by atoms with van der Waals surface area (Å²) >= 11 is 0. The molecule has 2 rings (SSSR count). The van der Waals surface area contributed by atoms with Gasteiger partial charge in [0, 0.05) is 0 Å². The Hall–Kier alpha value is -0.0400. The van der Waals surface area contributed by atoms with Crippen LogP contribution >= 0.6 is 0 Å². The van der Waals surface area contributed by atoms with Crippen molar-refractivity contribution in [3.63, 3.8) is 0 Å². The van der Waals surface area contributed by atoms with Crippen LogP contribution in [0.1, 0.15) is 44.9 Å². The van der Waals surface area contributed by atoms with E-state index in [1.165, 1.54) is 58.0 Å². The molecule has 0 amide bonds. The summed E-state index contributed by atoms with van der Waals surface area (Å²) in [4.78, 5) is 0. The molecule has 1 aliphatic heterocycles. The average Bonchev–Trinajstić information content (AvgIpc) is 2.59. The van der Waals surface area contributed by atoms with E-state index in [0.717, 1.165) is 11.8 Å². The first kappa shape index (κ1) is 8.55. The van der Waals surface area contributed by atoms with Crippen LogP contribution in [0.25, 0.3) is 0 Å². The van der Waals surface area contributed by atoms with Gasteiger partial charge >= 0.3 is 0 Å². The summed E-state index contributed by atoms with van der Waals surface area (Å²) in [5, 5.41) is 3.46. The van der Waals surface area contributed by atoms with Crippen molar-refractivity contribution in [2.45, 2.75) is 44.9 Å². The Balaban J connectivity index is 1.69. The van der Waals surface area contributed by atoms with Crippen LogP contribution in [-0.4, -0.2) is 13.1 Å². The minimum absolute atomic E-state index is 1.02. The highest BCUT2D eigenvalue weighted by Gasteiger charge is 2.20. The second-order valence-electron chi connectivity index (χ2n) is 4.60. The van der Waals surface area contributed by atoms with Crippen LogP contribution in [-0.2, 0) is 0 Å². The Labute approximate surface area is 75.9 Å². The lowest BCUT2D eigenvalue weighted by Gasteiger charge is -2.23. The topological polar surface area (TPSA) is 12.0 Å². The van der Waals surface area contributed by atoms with E-state index in [0.29, 0.717) is 0 Å². The fourth-order valence-electron chi connectivity index (χ4n) is 2.81. The van der Waals surface area contributed by atoms with E-state index < -0.39 is 0 Å². The van der Waals surface area contributed by atoms with Crippen LogP contribution in [0.15, 0.2) is 0 Å². The lowest BCUT2D eigenvalue weighted by atomic mass is 9.82. The Morgan fingerprint density at radius 3 is 2.42 bits per heavy atom. The molecule has 0 aromatic heterocycles. The van der Waals surface area contributed by atoms with E-state index in [1.54, 1.807) is 0 Å². The molecule has 2 fully saturated rings. The maximum Gasteiger partial charge on any atom is -0.00199 e. The highest BCUT2D eigenvalue weighted by atomic mass is 14.9. The fourth-order valence-corrected chi connectivity index (χ4v) is 2.81. The van der Waals surface area contributed by atoms with Crippen LogP contribution in [0.5, 0.6) is 0 Å². The van der Waals surface area contributed by atoms with Gasteiger partial charge in [0.1, 0.15) is 0 Å². The maximum absolute atomic E-state index is 3.46. The second kappa shape index (κ2) is 4.27. The Kier molecular flexibility index (Phi) is 3.04. The predicted octanol–water partition coefficient (Wildman–Crippen LogP) is 2.57. The van der Waals surface area contributed by atoms with Crippen molar-refractivity contribution in [2.24, 2.45) is 11.8 Å². The highest BCUT2D eigenvalue weighted by molar-refractivity contribution is 4.76. The molecule has 0 aromatic carbocycles. The molecule has 1 heterocycles. The van der Waals surface area contributed by atoms with Crippen molar-refractivity contribution in [3.05, 3.63) is 0 Å². The predicted molar refractivity (Wildman–Crippen MR) is 52.2 cm³/mol. The summed E-state index contributed by atoms with van der Waals surface area (Å²) in [6.45, 7) is 2.58. The standard InChI is InChI=1S/C11H21N/c1-2-4-10(5-3-1)8-11-6-7-12-9-11/h10-12H,1-9H2. The van der Waals surface area contributed by atoms with Gasteiger partial charge in [-0.2, -0.15) is 0 Å². The molecule has 70 valence electrons. The van der Waals surface area contributed by atoms with Gasteiger partial charge in [0.15, 0.2) is 0 Å². The van der Waals surface area contributed by atoms with E-state index in [2.05, 4.69) is 5.32 Å². The molecule has 0 spiro atoms. The molecule has 2 aliphatic rings. The third-order valence-electron chi connectivity index (χ3n) is 3.55. The summed E-state index contributed by atoms with van der Waals surface area (Å²) in [5.41, 5.74) is 0. The van der Waals surface area contributed by atoms with Gasteiger partial charge in [-0.3, -0.25) is 0 Å². The molecule has 1 aliphatic carbocycles. The molecule has 12 heavy (non-hydrogen) atoms. The summed E-state index contributed by atoms with van der Waals surface area (Å²) in [5.74, 6) is 2.11. The molecule has 1 atom stereocenters. The first-order chi connectivity index (χ1) is 5.95. The Bertz CT molecular complexity index is 121. The van der Waals surface area contributed by atoms with Crippen LogP contribution in [0.3, 0.4) is 0 Å². The maximum atomic E-state index is 3.46. The minimum Gasteiger partial charge on any atom is -0.316 e. The average molecular weight is 167 g/mol. The lowest BCUT2D eigenvalue weighted by molar-refractivity contribution is 0.296. The number of rotatable bonds is 2. The zero-order valence-corrected chi connectivity index (χ0v) is 8.02. The lowest BCUT2D eigenvalue weighted by Crippen LogP contribution is -2.14. The summed E-state index contributed by atoms with van der Waals surface area (Å²) in [7, 11) is 0. The zero-order chi connectivity index (χ0) is 8.23. The molecule has 1 N–H and O–H groups in total. The molecule has 0 bridgehead atoms. The van der Waals surface area contributed by atoms with E-state index in [-0.39, 0.29) is 0 Å². The molecule has 1 saturated carbocycles. The van der Waals surface area contributed by atoms with Crippen LogP contribution in [0.2, 0.25) is 0 Å². The van der Waals surface area contributed by atoms with Crippen LogP contribution in [0, 0.1) is 11.8 Å². The van der Waals surface area contributed by atoms with Gasteiger partial charge in [0.2, 0.25) is 0 Å². The quantitative estimate of drug-likeness (QED) is 0.666. The molecule has 1 unspecified atom stereocenters. The van der Waals surface area contributed by atoms with Crippen molar-refractivity contribution < 1.29 is 0 Å². The van der Waals surface area contributed by atoms with E-state index >= 15 is 0 Å². The minimum atomic E-state index is 1.02.